The number of rotatable bonds is 0. The van der Waals surface area contributed by atoms with Crippen molar-refractivity contribution >= 4 is 9.69 Å². The molecule has 5 heteroatoms. The molecule has 1 unspecified atom stereocenters. The summed E-state index contributed by atoms with van der Waals surface area (Å²) in [5.74, 6) is -1.05. The van der Waals surface area contributed by atoms with E-state index in [0.717, 1.165) is 23.7 Å². The molecule has 1 rings (SSSR count). The van der Waals surface area contributed by atoms with Crippen molar-refractivity contribution in [2.75, 3.05) is 0 Å². The molecule has 0 saturated heterocycles. The molecule has 1 saturated carbocycles. The standard InChI is InChI=1S/C7H10F3.ClH.Zn/c8-7(9,10)6-4-2-1-3-5-6;;/h2,6H,1,3-5H2;1H;/q-1;;+2/p-1. The maximum atomic E-state index is 11.9. The van der Waals surface area contributed by atoms with E-state index in [-0.39, 0.29) is 6.42 Å². The van der Waals surface area contributed by atoms with Crippen molar-refractivity contribution < 1.29 is 30.5 Å². The van der Waals surface area contributed by atoms with Crippen LogP contribution in [0.2, 0.25) is 0 Å². The zero-order chi connectivity index (χ0) is 9.61. The van der Waals surface area contributed by atoms with E-state index in [1.807, 2.05) is 0 Å². The fourth-order valence-corrected chi connectivity index (χ4v) is 1.24. The summed E-state index contributed by atoms with van der Waals surface area (Å²) in [6.45, 7) is 0. The van der Waals surface area contributed by atoms with E-state index in [0.29, 0.717) is 12.8 Å². The van der Waals surface area contributed by atoms with Gasteiger partial charge in [-0.05, 0) is 6.42 Å². The Morgan fingerprint density at radius 1 is 1.33 bits per heavy atom. The molecule has 0 radical (unpaired) electrons. The number of hydrogen-bond donors (Lipinski definition) is 0. The molecule has 0 aromatic carbocycles. The summed E-state index contributed by atoms with van der Waals surface area (Å²) in [7, 11) is 4.76. The van der Waals surface area contributed by atoms with Gasteiger partial charge >= 0.3 is 33.2 Å². The van der Waals surface area contributed by atoms with Gasteiger partial charge in [-0.25, -0.2) is 0 Å². The first-order valence-electron chi connectivity index (χ1n) is 3.76. The van der Waals surface area contributed by atoms with Crippen LogP contribution in [0, 0.1) is 12.3 Å². The maximum absolute atomic E-state index is 11.9. The third kappa shape index (κ3) is 4.66. The summed E-state index contributed by atoms with van der Waals surface area (Å²) >= 11 is 0.847. The average molecular weight is 252 g/mol. The Labute approximate surface area is 84.6 Å². The molecular formula is C7H10ClF3Zn. The molecular weight excluding hydrogens is 242 g/mol. The van der Waals surface area contributed by atoms with Gasteiger partial charge in [0.2, 0.25) is 0 Å². The molecule has 0 amide bonds. The number of alkyl halides is 3. The Hall–Kier alpha value is 0.703. The third-order valence-corrected chi connectivity index (χ3v) is 1.87. The van der Waals surface area contributed by atoms with Crippen LogP contribution in [-0.4, -0.2) is 6.18 Å². The first-order valence-corrected chi connectivity index (χ1v) is 7.65. The Kier molecular flexibility index (Phi) is 6.57. The van der Waals surface area contributed by atoms with Gasteiger partial charge in [0.1, 0.15) is 0 Å². The third-order valence-electron chi connectivity index (χ3n) is 1.87. The van der Waals surface area contributed by atoms with E-state index in [9.17, 15) is 13.2 Å². The quantitative estimate of drug-likeness (QED) is 0.456. The minimum atomic E-state index is -3.96. The Balaban J connectivity index is 0.000000561. The predicted molar refractivity (Wildman–Crippen MR) is 38.2 cm³/mol. The Bertz CT molecular complexity index is 110. The van der Waals surface area contributed by atoms with Crippen molar-refractivity contribution in [2.24, 2.45) is 5.92 Å². The molecule has 0 aromatic heterocycles. The van der Waals surface area contributed by atoms with Crippen LogP contribution in [0.5, 0.6) is 0 Å². The van der Waals surface area contributed by atoms with Crippen LogP contribution < -0.4 is 0 Å². The zero-order valence-corrected chi connectivity index (χ0v) is 10.4. The summed E-state index contributed by atoms with van der Waals surface area (Å²) in [4.78, 5) is 0. The van der Waals surface area contributed by atoms with Gasteiger partial charge in [0.25, 0.3) is 0 Å². The molecule has 0 heterocycles. The summed E-state index contributed by atoms with van der Waals surface area (Å²) < 4.78 is 35.8. The second-order valence-electron chi connectivity index (χ2n) is 2.69. The van der Waals surface area contributed by atoms with Gasteiger partial charge in [0.15, 0.2) is 0 Å². The van der Waals surface area contributed by atoms with Gasteiger partial charge in [0.05, 0.1) is 0 Å². The van der Waals surface area contributed by atoms with E-state index in [1.165, 1.54) is 0 Å². The van der Waals surface area contributed by atoms with Crippen LogP contribution in [0.1, 0.15) is 25.7 Å². The van der Waals surface area contributed by atoms with Crippen molar-refractivity contribution in [3.63, 3.8) is 0 Å². The summed E-state index contributed by atoms with van der Waals surface area (Å²) in [6, 6.07) is 0. The predicted octanol–water partition coefficient (Wildman–Crippen LogP) is 3.63. The van der Waals surface area contributed by atoms with Crippen LogP contribution in [0.4, 0.5) is 13.2 Å². The first-order chi connectivity index (χ1) is 5.61. The Morgan fingerprint density at radius 3 is 2.17 bits per heavy atom. The second-order valence-corrected chi connectivity index (χ2v) is 2.69. The molecule has 0 nitrogen and oxygen atoms in total. The number of hydrogen-bond acceptors (Lipinski definition) is 0. The molecule has 0 spiro atoms. The van der Waals surface area contributed by atoms with Crippen molar-refractivity contribution in [3.05, 3.63) is 6.42 Å². The van der Waals surface area contributed by atoms with Crippen LogP contribution in [0.15, 0.2) is 0 Å². The SMILES string of the molecule is FC(F)(F)C1C[CH-]CCC1.[Cl][Zn+]. The van der Waals surface area contributed by atoms with Gasteiger partial charge in [-0.1, -0.05) is 6.42 Å². The summed E-state index contributed by atoms with van der Waals surface area (Å²) in [5, 5.41) is 0. The van der Waals surface area contributed by atoms with Crippen molar-refractivity contribution in [1.29, 1.82) is 0 Å². The van der Waals surface area contributed by atoms with Crippen LogP contribution in [-0.2, 0) is 17.3 Å². The summed E-state index contributed by atoms with van der Waals surface area (Å²) in [5.41, 5.74) is 0. The van der Waals surface area contributed by atoms with Crippen molar-refractivity contribution in [2.45, 2.75) is 31.9 Å². The van der Waals surface area contributed by atoms with Crippen LogP contribution >= 0.6 is 9.69 Å². The van der Waals surface area contributed by atoms with E-state index in [4.69, 9.17) is 9.69 Å². The van der Waals surface area contributed by atoms with Crippen molar-refractivity contribution in [1.82, 2.24) is 0 Å². The van der Waals surface area contributed by atoms with Crippen LogP contribution in [0.3, 0.4) is 0 Å². The molecule has 1 atom stereocenters. The molecule has 68 valence electrons. The molecule has 0 aromatic rings. The van der Waals surface area contributed by atoms with E-state index in [2.05, 4.69) is 0 Å². The fraction of sp³-hybridized carbons (Fsp3) is 0.857. The molecule has 0 aliphatic heterocycles. The van der Waals surface area contributed by atoms with Gasteiger partial charge < -0.3 is 6.42 Å². The van der Waals surface area contributed by atoms with Gasteiger partial charge in [-0.15, -0.1) is 0 Å². The first kappa shape index (κ1) is 12.7. The van der Waals surface area contributed by atoms with E-state index >= 15 is 0 Å². The summed E-state index contributed by atoms with van der Waals surface area (Å²) in [6.07, 6.45) is -0.126. The normalized spacial score (nSPS) is 24.3. The molecule has 1 fully saturated rings. The average Bonchev–Trinajstić information content (AvgIpc) is 2.08. The monoisotopic (exact) mass is 250 g/mol. The Morgan fingerprint density at radius 2 is 1.92 bits per heavy atom. The topological polar surface area (TPSA) is 0 Å². The number of halogens is 4. The van der Waals surface area contributed by atoms with Gasteiger partial charge in [-0.3, -0.25) is 0 Å². The van der Waals surface area contributed by atoms with E-state index < -0.39 is 12.1 Å². The zero-order valence-electron chi connectivity index (χ0n) is 6.70. The van der Waals surface area contributed by atoms with E-state index in [1.54, 1.807) is 6.42 Å². The van der Waals surface area contributed by atoms with Crippen molar-refractivity contribution in [3.8, 4) is 0 Å². The fourth-order valence-electron chi connectivity index (χ4n) is 1.24. The molecule has 1 aliphatic carbocycles. The molecule has 12 heavy (non-hydrogen) atoms. The molecule has 0 bridgehead atoms. The molecule has 1 aliphatic rings. The van der Waals surface area contributed by atoms with Crippen LogP contribution in [0.25, 0.3) is 0 Å². The molecule has 0 N–H and O–H groups in total. The minimum absolute atomic E-state index is 0.226. The van der Waals surface area contributed by atoms with Gasteiger partial charge in [0, 0.05) is 5.92 Å². The van der Waals surface area contributed by atoms with Gasteiger partial charge in [-0.2, -0.15) is 26.0 Å². The second kappa shape index (κ2) is 6.20.